The SMILES string of the molecule is COCOc1cc(OC)cc(OC)c1C(=O)/C=C(/Nc1cnc(C#N)cn1)SC. The monoisotopic (exact) mass is 416 g/mol. The maximum absolute atomic E-state index is 13.0. The number of ketones is 1. The third-order valence-corrected chi connectivity index (χ3v) is 4.23. The molecule has 0 amide bonds. The first-order valence-electron chi connectivity index (χ1n) is 8.23. The fourth-order valence-corrected chi connectivity index (χ4v) is 2.67. The number of carbonyl (C=O) groups excluding carboxylic acids is 1. The zero-order chi connectivity index (χ0) is 21.2. The number of carbonyl (C=O) groups is 1. The number of methoxy groups -OCH3 is 3. The van der Waals surface area contributed by atoms with E-state index in [9.17, 15) is 4.79 Å². The topological polar surface area (TPSA) is 116 Å². The number of nitrogens with one attached hydrogen (secondary N) is 1. The van der Waals surface area contributed by atoms with Gasteiger partial charge in [0.05, 0.1) is 31.6 Å². The molecule has 0 fully saturated rings. The normalized spacial score (nSPS) is 10.8. The number of thioether (sulfide) groups is 1. The van der Waals surface area contributed by atoms with Crippen molar-refractivity contribution in [3.63, 3.8) is 0 Å². The van der Waals surface area contributed by atoms with Gasteiger partial charge in [-0.2, -0.15) is 5.26 Å². The van der Waals surface area contributed by atoms with Crippen molar-refractivity contribution < 1.29 is 23.7 Å². The number of hydrogen-bond acceptors (Lipinski definition) is 10. The van der Waals surface area contributed by atoms with Gasteiger partial charge in [0.15, 0.2) is 18.3 Å². The van der Waals surface area contributed by atoms with Crippen LogP contribution in [-0.2, 0) is 4.74 Å². The largest absolute Gasteiger partial charge is 0.496 e. The van der Waals surface area contributed by atoms with Crippen molar-refractivity contribution in [1.29, 1.82) is 5.26 Å². The smallest absolute Gasteiger partial charge is 0.195 e. The lowest BCUT2D eigenvalue weighted by Crippen LogP contribution is -2.09. The predicted molar refractivity (Wildman–Crippen MR) is 108 cm³/mol. The van der Waals surface area contributed by atoms with Crippen LogP contribution in [-0.4, -0.2) is 50.1 Å². The highest BCUT2D eigenvalue weighted by Crippen LogP contribution is 2.35. The molecule has 9 nitrogen and oxygen atoms in total. The first-order valence-corrected chi connectivity index (χ1v) is 9.45. The molecule has 152 valence electrons. The van der Waals surface area contributed by atoms with Crippen molar-refractivity contribution in [3.05, 3.63) is 46.9 Å². The van der Waals surface area contributed by atoms with Crippen LogP contribution in [0.2, 0.25) is 0 Å². The van der Waals surface area contributed by atoms with Crippen molar-refractivity contribution in [2.75, 3.05) is 39.7 Å². The van der Waals surface area contributed by atoms with Crippen LogP contribution in [0.1, 0.15) is 16.1 Å². The molecule has 0 bridgehead atoms. The minimum atomic E-state index is -0.353. The molecular weight excluding hydrogens is 396 g/mol. The summed E-state index contributed by atoms with van der Waals surface area (Å²) in [6, 6.07) is 5.08. The van der Waals surface area contributed by atoms with E-state index >= 15 is 0 Å². The molecule has 29 heavy (non-hydrogen) atoms. The van der Waals surface area contributed by atoms with Gasteiger partial charge < -0.3 is 24.3 Å². The van der Waals surface area contributed by atoms with Gasteiger partial charge in [0.2, 0.25) is 0 Å². The summed E-state index contributed by atoms with van der Waals surface area (Å²) in [5.74, 6) is 1.09. The van der Waals surface area contributed by atoms with E-state index in [0.29, 0.717) is 22.3 Å². The zero-order valence-electron chi connectivity index (χ0n) is 16.4. The van der Waals surface area contributed by atoms with Crippen LogP contribution in [0.5, 0.6) is 17.2 Å². The van der Waals surface area contributed by atoms with E-state index in [1.165, 1.54) is 51.6 Å². The lowest BCUT2D eigenvalue weighted by Gasteiger charge is -2.15. The molecule has 2 aromatic rings. The molecule has 2 rings (SSSR count). The summed E-state index contributed by atoms with van der Waals surface area (Å²) in [6.45, 7) is -0.0468. The molecule has 1 aromatic heterocycles. The summed E-state index contributed by atoms with van der Waals surface area (Å²) in [6.07, 6.45) is 5.95. The fraction of sp³-hybridized carbons (Fsp3) is 0.263. The molecule has 1 N–H and O–H groups in total. The number of rotatable bonds is 10. The van der Waals surface area contributed by atoms with E-state index in [0.717, 1.165) is 0 Å². The maximum atomic E-state index is 13.0. The average molecular weight is 416 g/mol. The highest BCUT2D eigenvalue weighted by atomic mass is 32.2. The number of benzene rings is 1. The molecule has 0 aliphatic carbocycles. The molecular formula is C19H20N4O5S. The molecule has 1 heterocycles. The van der Waals surface area contributed by atoms with E-state index in [2.05, 4.69) is 15.3 Å². The van der Waals surface area contributed by atoms with E-state index in [4.69, 9.17) is 24.2 Å². The van der Waals surface area contributed by atoms with Gasteiger partial charge in [0.25, 0.3) is 0 Å². The molecule has 0 unspecified atom stereocenters. The fourth-order valence-electron chi connectivity index (χ4n) is 2.24. The second-order valence-corrected chi connectivity index (χ2v) is 6.20. The van der Waals surface area contributed by atoms with Crippen LogP contribution < -0.4 is 19.5 Å². The molecule has 0 saturated carbocycles. The van der Waals surface area contributed by atoms with Crippen LogP contribution in [0, 0.1) is 11.3 Å². The Kier molecular flexibility index (Phi) is 8.27. The predicted octanol–water partition coefficient (Wildman–Crippen LogP) is 2.85. The maximum Gasteiger partial charge on any atom is 0.195 e. The number of allylic oxidation sites excluding steroid dienone is 1. The van der Waals surface area contributed by atoms with E-state index in [1.54, 1.807) is 18.4 Å². The van der Waals surface area contributed by atoms with Crippen LogP contribution in [0.3, 0.4) is 0 Å². The summed E-state index contributed by atoms with van der Waals surface area (Å²) in [5, 5.41) is 12.3. The third-order valence-electron chi connectivity index (χ3n) is 3.57. The first-order chi connectivity index (χ1) is 14.1. The van der Waals surface area contributed by atoms with Gasteiger partial charge in [-0.25, -0.2) is 9.97 Å². The molecule has 0 aliphatic rings. The molecule has 0 radical (unpaired) electrons. The van der Waals surface area contributed by atoms with Gasteiger partial charge in [-0.05, 0) is 6.26 Å². The van der Waals surface area contributed by atoms with Crippen molar-refractivity contribution in [2.24, 2.45) is 0 Å². The number of ether oxygens (including phenoxy) is 4. The molecule has 0 atom stereocenters. The van der Waals surface area contributed by atoms with Gasteiger partial charge in [-0.3, -0.25) is 4.79 Å². The van der Waals surface area contributed by atoms with Crippen LogP contribution in [0.15, 0.2) is 35.6 Å². The zero-order valence-corrected chi connectivity index (χ0v) is 17.2. The summed E-state index contributed by atoms with van der Waals surface area (Å²) in [7, 11) is 4.44. The molecule has 0 saturated heterocycles. The molecule has 10 heteroatoms. The summed E-state index contributed by atoms with van der Waals surface area (Å²) in [5.41, 5.74) is 0.425. The Morgan fingerprint density at radius 1 is 1.21 bits per heavy atom. The van der Waals surface area contributed by atoms with Crippen molar-refractivity contribution in [3.8, 4) is 23.3 Å². The van der Waals surface area contributed by atoms with Gasteiger partial charge in [0, 0.05) is 25.3 Å². The van der Waals surface area contributed by atoms with Gasteiger partial charge in [-0.15, -0.1) is 11.8 Å². The van der Waals surface area contributed by atoms with Crippen LogP contribution in [0.25, 0.3) is 0 Å². The molecule has 0 spiro atoms. The summed E-state index contributed by atoms with van der Waals surface area (Å²) < 4.78 is 21.1. The first kappa shape index (κ1) is 22.0. The van der Waals surface area contributed by atoms with Crippen LogP contribution in [0.4, 0.5) is 5.82 Å². The Bertz CT molecular complexity index is 925. The minimum Gasteiger partial charge on any atom is -0.496 e. The average Bonchev–Trinajstić information content (AvgIpc) is 2.76. The minimum absolute atomic E-state index is 0.0468. The number of aromatic nitrogens is 2. The molecule has 0 aliphatic heterocycles. The summed E-state index contributed by atoms with van der Waals surface area (Å²) in [4.78, 5) is 21.0. The summed E-state index contributed by atoms with van der Waals surface area (Å²) >= 11 is 1.31. The van der Waals surface area contributed by atoms with E-state index in [-0.39, 0.29) is 29.6 Å². The van der Waals surface area contributed by atoms with Crippen molar-refractivity contribution in [1.82, 2.24) is 9.97 Å². The number of anilines is 1. The van der Waals surface area contributed by atoms with E-state index < -0.39 is 0 Å². The Morgan fingerprint density at radius 2 is 1.97 bits per heavy atom. The van der Waals surface area contributed by atoms with Crippen molar-refractivity contribution in [2.45, 2.75) is 0 Å². The quantitative estimate of drug-likeness (QED) is 0.352. The second-order valence-electron chi connectivity index (χ2n) is 5.35. The number of nitriles is 1. The Balaban J connectivity index is 2.37. The lowest BCUT2D eigenvalue weighted by molar-refractivity contribution is 0.0500. The van der Waals surface area contributed by atoms with E-state index in [1.807, 2.05) is 6.07 Å². The highest BCUT2D eigenvalue weighted by molar-refractivity contribution is 8.02. The van der Waals surface area contributed by atoms with Crippen LogP contribution >= 0.6 is 11.8 Å². The Morgan fingerprint density at radius 3 is 2.52 bits per heavy atom. The Labute approximate surface area is 172 Å². The van der Waals surface area contributed by atoms with Gasteiger partial charge in [-0.1, -0.05) is 0 Å². The van der Waals surface area contributed by atoms with Gasteiger partial charge >= 0.3 is 0 Å². The molecule has 1 aromatic carbocycles. The lowest BCUT2D eigenvalue weighted by atomic mass is 10.1. The standard InChI is InChI=1S/C19H20N4O5S/c1-25-11-28-16-6-13(26-2)5-15(27-3)19(16)14(24)7-18(29-4)23-17-10-21-12(8-20)9-22-17/h5-7,9-10H,11H2,1-4H3,(H,22,23)/b18-7-. The Hall–Kier alpha value is -3.29. The second kappa shape index (κ2) is 10.9. The highest BCUT2D eigenvalue weighted by Gasteiger charge is 2.20. The van der Waals surface area contributed by atoms with Gasteiger partial charge in [0.1, 0.15) is 34.7 Å². The van der Waals surface area contributed by atoms with Crippen molar-refractivity contribution >= 4 is 23.4 Å². The number of nitrogens with zero attached hydrogens (tertiary/aromatic N) is 3. The third kappa shape index (κ3) is 5.84. The number of hydrogen-bond donors (Lipinski definition) is 1.